The number of pyridine rings is 1. The minimum Gasteiger partial charge on any atom is -0.384 e. The van der Waals surface area contributed by atoms with Crippen molar-refractivity contribution in [2.75, 3.05) is 12.3 Å². The third kappa shape index (κ3) is 6.03. The summed E-state index contributed by atoms with van der Waals surface area (Å²) < 4.78 is 0. The van der Waals surface area contributed by atoms with Gasteiger partial charge in [-0.2, -0.15) is 5.26 Å². The summed E-state index contributed by atoms with van der Waals surface area (Å²) in [7, 11) is 0. The van der Waals surface area contributed by atoms with Crippen molar-refractivity contribution in [2.45, 2.75) is 45.3 Å². The third-order valence-electron chi connectivity index (χ3n) is 5.57. The molecule has 1 saturated heterocycles. The molecule has 0 saturated carbocycles. The van der Waals surface area contributed by atoms with E-state index >= 15 is 0 Å². The van der Waals surface area contributed by atoms with Crippen LogP contribution in [-0.4, -0.2) is 35.4 Å². The highest BCUT2D eigenvalue weighted by Gasteiger charge is 2.30. The van der Waals surface area contributed by atoms with Crippen LogP contribution in [-0.2, 0) is 22.6 Å². The number of hydrogen-bond donors (Lipinski definition) is 4. The largest absolute Gasteiger partial charge is 0.384 e. The second kappa shape index (κ2) is 10.0. The molecule has 8 nitrogen and oxygen atoms in total. The molecule has 3 rings (SSSR count). The number of nitrogens with zero attached hydrogens (tertiary/aromatic N) is 2. The van der Waals surface area contributed by atoms with Crippen molar-refractivity contribution >= 4 is 17.6 Å². The number of aromatic nitrogens is 1. The molecule has 2 aromatic rings. The average Bonchev–Trinajstić information content (AvgIpc) is 3.22. The summed E-state index contributed by atoms with van der Waals surface area (Å²) in [6, 6.07) is 12.2. The molecule has 2 amide bonds. The van der Waals surface area contributed by atoms with Crippen LogP contribution in [0.15, 0.2) is 36.4 Å². The van der Waals surface area contributed by atoms with E-state index in [0.717, 1.165) is 29.8 Å². The topological polar surface area (TPSA) is 133 Å². The lowest BCUT2D eigenvalue weighted by molar-refractivity contribution is -0.129. The molecule has 31 heavy (non-hydrogen) atoms. The maximum absolute atomic E-state index is 12.6. The van der Waals surface area contributed by atoms with Crippen LogP contribution in [0.3, 0.4) is 0 Å². The molecule has 2 heterocycles. The van der Waals surface area contributed by atoms with Gasteiger partial charge in [0.2, 0.25) is 11.8 Å². The van der Waals surface area contributed by atoms with Gasteiger partial charge in [-0.15, -0.1) is 0 Å². The van der Waals surface area contributed by atoms with Crippen molar-refractivity contribution in [1.82, 2.24) is 20.9 Å². The fourth-order valence-electron chi connectivity index (χ4n) is 3.72. The van der Waals surface area contributed by atoms with Crippen molar-refractivity contribution < 1.29 is 9.59 Å². The van der Waals surface area contributed by atoms with Crippen molar-refractivity contribution in [3.63, 3.8) is 0 Å². The molecule has 1 aromatic carbocycles. The monoisotopic (exact) mass is 420 g/mol. The fraction of sp³-hybridized carbons (Fsp3) is 0.391. The Hall–Kier alpha value is -3.44. The Morgan fingerprint density at radius 3 is 2.71 bits per heavy atom. The fourth-order valence-corrected chi connectivity index (χ4v) is 3.72. The Morgan fingerprint density at radius 1 is 1.29 bits per heavy atom. The minimum atomic E-state index is -0.645. The summed E-state index contributed by atoms with van der Waals surface area (Å²) in [5.41, 5.74) is 9.08. The van der Waals surface area contributed by atoms with Crippen molar-refractivity contribution in [3.8, 4) is 6.07 Å². The molecule has 0 bridgehead atoms. The number of carbonyl (C=O) groups is 2. The van der Waals surface area contributed by atoms with Gasteiger partial charge in [0.05, 0.1) is 17.7 Å². The van der Waals surface area contributed by atoms with Crippen LogP contribution in [0.4, 0.5) is 5.82 Å². The standard InChI is InChI=1S/C23H28N6O2/c1-14-19(7-8-21(25)28-14)13-27-22(30)15(2)29-23(31)20-10-18(12-26-20)9-16-3-5-17(11-24)6-4-16/h3-8,15,18,20,26H,9-10,12-13H2,1-2H3,(H2,25,28)(H,27,30)(H,29,31)/t15-,18-,20+/m0/s1. The van der Waals surface area contributed by atoms with Gasteiger partial charge in [0.25, 0.3) is 0 Å². The summed E-state index contributed by atoms with van der Waals surface area (Å²) >= 11 is 0. The molecule has 0 aliphatic carbocycles. The Balaban J connectivity index is 1.44. The number of nitrogen functional groups attached to an aromatic ring is 1. The molecule has 3 atom stereocenters. The van der Waals surface area contributed by atoms with Crippen LogP contribution in [0.1, 0.15) is 35.7 Å². The molecule has 0 unspecified atom stereocenters. The highest BCUT2D eigenvalue weighted by atomic mass is 16.2. The summed E-state index contributed by atoms with van der Waals surface area (Å²) in [4.78, 5) is 29.2. The highest BCUT2D eigenvalue weighted by Crippen LogP contribution is 2.20. The number of nitriles is 1. The van der Waals surface area contributed by atoms with Crippen LogP contribution >= 0.6 is 0 Å². The predicted molar refractivity (Wildman–Crippen MR) is 118 cm³/mol. The molecule has 1 aromatic heterocycles. The van der Waals surface area contributed by atoms with Crippen LogP contribution in [0.2, 0.25) is 0 Å². The first-order valence-corrected chi connectivity index (χ1v) is 10.4. The number of rotatable bonds is 7. The maximum Gasteiger partial charge on any atom is 0.242 e. The molecule has 1 fully saturated rings. The lowest BCUT2D eigenvalue weighted by Crippen LogP contribution is -2.50. The molecule has 0 spiro atoms. The summed E-state index contributed by atoms with van der Waals surface area (Å²) in [6.45, 7) is 4.57. The SMILES string of the molecule is Cc1nc(N)ccc1CNC(=O)[C@H](C)NC(=O)[C@H]1C[C@H](Cc2ccc(C#N)cc2)CN1. The van der Waals surface area contributed by atoms with Crippen molar-refractivity contribution in [2.24, 2.45) is 5.92 Å². The molecular weight excluding hydrogens is 392 g/mol. The normalized spacial score (nSPS) is 18.7. The van der Waals surface area contributed by atoms with Gasteiger partial charge in [0, 0.05) is 12.2 Å². The van der Waals surface area contributed by atoms with Gasteiger partial charge in [0.1, 0.15) is 11.9 Å². The lowest BCUT2D eigenvalue weighted by atomic mass is 9.96. The number of aryl methyl sites for hydroxylation is 1. The first kappa shape index (κ1) is 22.2. The number of hydrogen-bond acceptors (Lipinski definition) is 6. The molecule has 8 heteroatoms. The van der Waals surface area contributed by atoms with Crippen LogP contribution < -0.4 is 21.7 Å². The molecule has 5 N–H and O–H groups in total. The lowest BCUT2D eigenvalue weighted by Gasteiger charge is -2.17. The molecule has 0 radical (unpaired) electrons. The number of nitrogens with one attached hydrogen (secondary N) is 3. The first-order valence-electron chi connectivity index (χ1n) is 10.4. The van der Waals surface area contributed by atoms with Crippen LogP contribution in [0, 0.1) is 24.2 Å². The summed E-state index contributed by atoms with van der Waals surface area (Å²) in [5.74, 6) is 0.343. The Bertz CT molecular complexity index is 983. The van der Waals surface area contributed by atoms with Gasteiger partial charge < -0.3 is 21.7 Å². The maximum atomic E-state index is 12.6. The van der Waals surface area contributed by atoms with E-state index in [-0.39, 0.29) is 17.9 Å². The molecule has 162 valence electrons. The smallest absolute Gasteiger partial charge is 0.242 e. The van der Waals surface area contributed by atoms with Gasteiger partial charge in [-0.05, 0) is 68.5 Å². The van der Waals surface area contributed by atoms with Crippen LogP contribution in [0.25, 0.3) is 0 Å². The number of carbonyl (C=O) groups excluding carboxylic acids is 2. The summed E-state index contributed by atoms with van der Waals surface area (Å²) in [5, 5.41) is 17.8. The zero-order chi connectivity index (χ0) is 22.4. The van der Waals surface area contributed by atoms with Gasteiger partial charge in [-0.25, -0.2) is 4.98 Å². The molecule has 1 aliphatic rings. The predicted octanol–water partition coefficient (Wildman–Crippen LogP) is 1.19. The number of amides is 2. The van der Waals surface area contributed by atoms with Gasteiger partial charge in [0.15, 0.2) is 0 Å². The van der Waals surface area contributed by atoms with Crippen molar-refractivity contribution in [3.05, 3.63) is 58.8 Å². The van der Waals surface area contributed by atoms with Crippen LogP contribution in [0.5, 0.6) is 0 Å². The Kier molecular flexibility index (Phi) is 7.21. The number of nitrogens with two attached hydrogens (primary N) is 1. The first-order chi connectivity index (χ1) is 14.9. The van der Waals surface area contributed by atoms with E-state index < -0.39 is 6.04 Å². The van der Waals surface area contributed by atoms with Crippen molar-refractivity contribution in [1.29, 1.82) is 5.26 Å². The molecular formula is C23H28N6O2. The quantitative estimate of drug-likeness (QED) is 0.532. The second-order valence-electron chi connectivity index (χ2n) is 8.00. The van der Waals surface area contributed by atoms with E-state index in [4.69, 9.17) is 11.0 Å². The Morgan fingerprint density at radius 2 is 2.03 bits per heavy atom. The second-order valence-corrected chi connectivity index (χ2v) is 8.00. The average molecular weight is 421 g/mol. The van der Waals surface area contributed by atoms with Gasteiger partial charge in [-0.3, -0.25) is 9.59 Å². The zero-order valence-electron chi connectivity index (χ0n) is 17.8. The number of benzene rings is 1. The van der Waals surface area contributed by atoms with E-state index in [2.05, 4.69) is 27.0 Å². The third-order valence-corrected chi connectivity index (χ3v) is 5.57. The van der Waals surface area contributed by atoms with E-state index in [0.29, 0.717) is 30.3 Å². The Labute approximate surface area is 182 Å². The zero-order valence-corrected chi connectivity index (χ0v) is 17.8. The van der Waals surface area contributed by atoms with Gasteiger partial charge >= 0.3 is 0 Å². The highest BCUT2D eigenvalue weighted by molar-refractivity contribution is 5.89. The van der Waals surface area contributed by atoms with E-state index in [9.17, 15) is 9.59 Å². The van der Waals surface area contributed by atoms with Gasteiger partial charge in [-0.1, -0.05) is 18.2 Å². The minimum absolute atomic E-state index is 0.171. The van der Waals surface area contributed by atoms with E-state index in [1.165, 1.54) is 0 Å². The van der Waals surface area contributed by atoms with E-state index in [1.54, 1.807) is 13.0 Å². The molecule has 1 aliphatic heterocycles. The van der Waals surface area contributed by atoms with E-state index in [1.807, 2.05) is 37.3 Å². The number of anilines is 1. The summed E-state index contributed by atoms with van der Waals surface area (Å²) in [6.07, 6.45) is 1.55.